The van der Waals surface area contributed by atoms with Crippen molar-refractivity contribution in [1.82, 2.24) is 15.4 Å². The molecule has 0 aliphatic rings. The highest BCUT2D eigenvalue weighted by Gasteiger charge is 2.11. The molecular weight excluding hydrogens is 180 g/mol. The van der Waals surface area contributed by atoms with Crippen LogP contribution in [0.1, 0.15) is 18.0 Å². The molecular formula is C9H16N4O. The maximum Gasteiger partial charge on any atom is 0.236 e. The maximum absolute atomic E-state index is 11.3. The molecule has 1 amide bonds. The fraction of sp³-hybridized carbons (Fsp3) is 0.444. The third-order valence-corrected chi connectivity index (χ3v) is 1.80. The number of hydrogen-bond acceptors (Lipinski definition) is 3. The average molecular weight is 196 g/mol. The van der Waals surface area contributed by atoms with Crippen molar-refractivity contribution in [3.63, 3.8) is 0 Å². The van der Waals surface area contributed by atoms with Crippen LogP contribution < -0.4 is 11.2 Å². The van der Waals surface area contributed by atoms with E-state index in [-0.39, 0.29) is 18.4 Å². The van der Waals surface area contributed by atoms with Gasteiger partial charge in [-0.1, -0.05) is 0 Å². The number of nitrogens with zero attached hydrogens (tertiary/aromatic N) is 1. The van der Waals surface area contributed by atoms with Crippen molar-refractivity contribution >= 4 is 5.91 Å². The quantitative estimate of drug-likeness (QED) is 0.593. The predicted molar refractivity (Wildman–Crippen MR) is 54.2 cm³/mol. The lowest BCUT2D eigenvalue weighted by molar-refractivity contribution is -0.125. The Hall–Kier alpha value is -1.33. The summed E-state index contributed by atoms with van der Waals surface area (Å²) in [5.41, 5.74) is 9.40. The normalized spacial score (nSPS) is 12.9. The largest absolute Gasteiger partial charge is 0.367 e. The van der Waals surface area contributed by atoms with Crippen LogP contribution in [0.15, 0.2) is 18.5 Å². The van der Waals surface area contributed by atoms with Gasteiger partial charge in [0, 0.05) is 39.0 Å². The zero-order chi connectivity index (χ0) is 10.6. The lowest BCUT2D eigenvalue weighted by Gasteiger charge is -2.14. The van der Waals surface area contributed by atoms with E-state index in [1.54, 1.807) is 31.5 Å². The number of amides is 1. The molecule has 0 fully saturated rings. The first-order chi connectivity index (χ1) is 6.59. The molecule has 0 aromatic carbocycles. The first-order valence-corrected chi connectivity index (χ1v) is 4.44. The molecule has 1 rings (SSSR count). The molecule has 0 aliphatic carbocycles. The Kier molecular flexibility index (Phi) is 3.67. The van der Waals surface area contributed by atoms with Crippen LogP contribution in [0.5, 0.6) is 0 Å². The molecule has 5 heteroatoms. The van der Waals surface area contributed by atoms with Gasteiger partial charge in [-0.05, 0) is 11.6 Å². The van der Waals surface area contributed by atoms with E-state index in [0.717, 1.165) is 5.56 Å². The van der Waals surface area contributed by atoms with Gasteiger partial charge in [0.15, 0.2) is 0 Å². The van der Waals surface area contributed by atoms with Crippen LogP contribution >= 0.6 is 0 Å². The minimum atomic E-state index is -0.249. The van der Waals surface area contributed by atoms with Crippen molar-refractivity contribution in [3.05, 3.63) is 24.0 Å². The van der Waals surface area contributed by atoms with Crippen molar-refractivity contribution < 1.29 is 4.79 Å². The number of H-pyrrole nitrogens is 1. The molecule has 1 atom stereocenters. The summed E-state index contributed by atoms with van der Waals surface area (Å²) in [4.78, 5) is 14.2. The molecule has 0 radical (unpaired) electrons. The number of aromatic nitrogens is 1. The van der Waals surface area contributed by atoms with Crippen molar-refractivity contribution in [2.45, 2.75) is 12.5 Å². The SMILES string of the molecule is CN(C)NC(=O)CC(N)c1cc[nH]c1. The topological polar surface area (TPSA) is 74.2 Å². The molecule has 0 saturated carbocycles. The summed E-state index contributed by atoms with van der Waals surface area (Å²) in [6, 6.07) is 1.62. The Morgan fingerprint density at radius 3 is 2.93 bits per heavy atom. The third kappa shape index (κ3) is 3.20. The van der Waals surface area contributed by atoms with Gasteiger partial charge in [0.1, 0.15) is 0 Å². The third-order valence-electron chi connectivity index (χ3n) is 1.80. The standard InChI is InChI=1S/C9H16N4O/c1-13(2)12-9(14)5-8(10)7-3-4-11-6-7/h3-4,6,8,11H,5,10H2,1-2H3,(H,12,14). The second-order valence-corrected chi connectivity index (χ2v) is 3.38. The van der Waals surface area contributed by atoms with Crippen LogP contribution in [0.4, 0.5) is 0 Å². The molecule has 1 aromatic rings. The van der Waals surface area contributed by atoms with Crippen LogP contribution in [0.25, 0.3) is 0 Å². The first kappa shape index (κ1) is 10.7. The van der Waals surface area contributed by atoms with Crippen LogP contribution in [-0.2, 0) is 4.79 Å². The highest BCUT2D eigenvalue weighted by Crippen LogP contribution is 2.11. The van der Waals surface area contributed by atoms with Crippen LogP contribution in [-0.4, -0.2) is 30.0 Å². The van der Waals surface area contributed by atoms with Crippen molar-refractivity contribution in [1.29, 1.82) is 0 Å². The summed E-state index contributed by atoms with van der Waals surface area (Å²) in [5.74, 6) is -0.0799. The number of hydrogen-bond donors (Lipinski definition) is 3. The molecule has 0 bridgehead atoms. The fourth-order valence-electron chi connectivity index (χ4n) is 1.18. The summed E-state index contributed by atoms with van der Waals surface area (Å²) in [6.07, 6.45) is 3.88. The number of aromatic amines is 1. The van der Waals surface area contributed by atoms with E-state index in [1.807, 2.05) is 6.07 Å². The van der Waals surface area contributed by atoms with Crippen LogP contribution in [0.3, 0.4) is 0 Å². The maximum atomic E-state index is 11.3. The van der Waals surface area contributed by atoms with E-state index in [0.29, 0.717) is 0 Å². The van der Waals surface area contributed by atoms with E-state index >= 15 is 0 Å². The summed E-state index contributed by atoms with van der Waals surface area (Å²) in [6.45, 7) is 0. The number of nitrogens with one attached hydrogen (secondary N) is 2. The van der Waals surface area contributed by atoms with Gasteiger partial charge in [0.05, 0.1) is 0 Å². The van der Waals surface area contributed by atoms with Gasteiger partial charge in [-0.2, -0.15) is 0 Å². The molecule has 1 heterocycles. The molecule has 0 saturated heterocycles. The minimum absolute atomic E-state index is 0.0799. The van der Waals surface area contributed by atoms with E-state index in [2.05, 4.69) is 10.4 Å². The van der Waals surface area contributed by atoms with Crippen molar-refractivity contribution in [3.8, 4) is 0 Å². The minimum Gasteiger partial charge on any atom is -0.367 e. The second kappa shape index (κ2) is 4.78. The van der Waals surface area contributed by atoms with E-state index in [4.69, 9.17) is 5.73 Å². The number of carbonyl (C=O) groups is 1. The van der Waals surface area contributed by atoms with Gasteiger partial charge >= 0.3 is 0 Å². The Labute approximate surface area is 83.2 Å². The molecule has 0 spiro atoms. The Bertz CT molecular complexity index is 281. The van der Waals surface area contributed by atoms with Gasteiger partial charge in [-0.15, -0.1) is 0 Å². The van der Waals surface area contributed by atoms with Gasteiger partial charge in [-0.25, -0.2) is 5.01 Å². The van der Waals surface area contributed by atoms with E-state index in [9.17, 15) is 4.79 Å². The fourth-order valence-corrected chi connectivity index (χ4v) is 1.18. The first-order valence-electron chi connectivity index (χ1n) is 4.44. The number of nitrogens with two attached hydrogens (primary N) is 1. The molecule has 1 aromatic heterocycles. The van der Waals surface area contributed by atoms with Crippen LogP contribution in [0, 0.1) is 0 Å². The van der Waals surface area contributed by atoms with E-state index in [1.165, 1.54) is 0 Å². The zero-order valence-electron chi connectivity index (χ0n) is 8.45. The summed E-state index contributed by atoms with van der Waals surface area (Å²) < 4.78 is 0. The summed E-state index contributed by atoms with van der Waals surface area (Å²) in [5, 5.41) is 1.60. The Morgan fingerprint density at radius 2 is 2.43 bits per heavy atom. The van der Waals surface area contributed by atoms with Gasteiger partial charge < -0.3 is 10.7 Å². The molecule has 4 N–H and O–H groups in total. The highest BCUT2D eigenvalue weighted by molar-refractivity contribution is 5.76. The predicted octanol–water partition coefficient (Wildman–Crippen LogP) is -0.00260. The highest BCUT2D eigenvalue weighted by atomic mass is 16.2. The van der Waals surface area contributed by atoms with Gasteiger partial charge in [-0.3, -0.25) is 10.2 Å². The van der Waals surface area contributed by atoms with Crippen molar-refractivity contribution in [2.75, 3.05) is 14.1 Å². The number of carbonyl (C=O) groups excluding carboxylic acids is 1. The van der Waals surface area contributed by atoms with Gasteiger partial charge in [0.2, 0.25) is 5.91 Å². The average Bonchev–Trinajstić information content (AvgIpc) is 2.53. The molecule has 5 nitrogen and oxygen atoms in total. The molecule has 14 heavy (non-hydrogen) atoms. The lowest BCUT2D eigenvalue weighted by atomic mass is 10.1. The lowest BCUT2D eigenvalue weighted by Crippen LogP contribution is -2.37. The Morgan fingerprint density at radius 1 is 1.71 bits per heavy atom. The monoisotopic (exact) mass is 196 g/mol. The van der Waals surface area contributed by atoms with Crippen LogP contribution in [0.2, 0.25) is 0 Å². The number of rotatable bonds is 4. The molecule has 0 aliphatic heterocycles. The molecule has 1 unspecified atom stereocenters. The second-order valence-electron chi connectivity index (χ2n) is 3.38. The number of hydrazine groups is 1. The summed E-state index contributed by atoms with van der Waals surface area (Å²) in [7, 11) is 3.53. The zero-order valence-corrected chi connectivity index (χ0v) is 8.45. The van der Waals surface area contributed by atoms with Gasteiger partial charge in [0.25, 0.3) is 0 Å². The van der Waals surface area contributed by atoms with E-state index < -0.39 is 0 Å². The Balaban J connectivity index is 2.41. The van der Waals surface area contributed by atoms with Crippen molar-refractivity contribution in [2.24, 2.45) is 5.73 Å². The smallest absolute Gasteiger partial charge is 0.236 e. The summed E-state index contributed by atoms with van der Waals surface area (Å²) >= 11 is 0. The molecule has 78 valence electrons.